The number of hydrogen-bond acceptors (Lipinski definition) is 4. The average molecular weight is 366 g/mol. The number of ketones is 1. The minimum absolute atomic E-state index is 0.0204. The summed E-state index contributed by atoms with van der Waals surface area (Å²) < 4.78 is 5.90. The Morgan fingerprint density at radius 1 is 1.00 bits per heavy atom. The SMILES string of the molecule is Cc1ccc(C(=O)CCC(=O)N2CCC(Oc3ccc(C)cn3)CC2)cc1. The number of aryl methyl sites for hydroxylation is 2. The third-order valence-corrected chi connectivity index (χ3v) is 4.91. The molecule has 1 saturated heterocycles. The number of Topliss-reactive ketones (excluding diaryl/α,β-unsaturated/α-hetero) is 1. The standard InChI is InChI=1S/C22H26N2O3/c1-16-3-6-18(7-4-16)20(25)8-10-22(26)24-13-11-19(12-14-24)27-21-9-5-17(2)15-23-21/h3-7,9,15,19H,8,10-14H2,1-2H3. The van der Waals surface area contributed by atoms with Gasteiger partial charge in [-0.3, -0.25) is 9.59 Å². The van der Waals surface area contributed by atoms with Crippen molar-refractivity contribution in [1.29, 1.82) is 0 Å². The molecule has 1 aliphatic rings. The molecule has 0 bridgehead atoms. The molecule has 5 heteroatoms. The molecule has 0 radical (unpaired) electrons. The van der Waals surface area contributed by atoms with Crippen LogP contribution in [0.2, 0.25) is 0 Å². The van der Waals surface area contributed by atoms with E-state index >= 15 is 0 Å². The van der Waals surface area contributed by atoms with Crippen molar-refractivity contribution < 1.29 is 14.3 Å². The molecule has 0 N–H and O–H groups in total. The summed E-state index contributed by atoms with van der Waals surface area (Å²) in [7, 11) is 0. The van der Waals surface area contributed by atoms with E-state index in [1.165, 1.54) is 0 Å². The lowest BCUT2D eigenvalue weighted by atomic mass is 10.0. The van der Waals surface area contributed by atoms with E-state index in [0.29, 0.717) is 24.5 Å². The highest BCUT2D eigenvalue weighted by Crippen LogP contribution is 2.18. The molecule has 3 rings (SSSR count). The smallest absolute Gasteiger partial charge is 0.223 e. The van der Waals surface area contributed by atoms with Crippen molar-refractivity contribution in [1.82, 2.24) is 9.88 Å². The molecule has 1 amide bonds. The molecule has 0 saturated carbocycles. The van der Waals surface area contributed by atoms with Crippen LogP contribution in [0.3, 0.4) is 0 Å². The predicted octanol–water partition coefficient (Wildman–Crippen LogP) is 3.73. The third kappa shape index (κ3) is 5.39. The topological polar surface area (TPSA) is 59.5 Å². The van der Waals surface area contributed by atoms with Crippen molar-refractivity contribution in [3.63, 3.8) is 0 Å². The van der Waals surface area contributed by atoms with E-state index in [-0.39, 0.29) is 30.6 Å². The summed E-state index contributed by atoms with van der Waals surface area (Å²) >= 11 is 0. The van der Waals surface area contributed by atoms with Gasteiger partial charge in [0.25, 0.3) is 0 Å². The van der Waals surface area contributed by atoms with Gasteiger partial charge in [0.2, 0.25) is 11.8 Å². The predicted molar refractivity (Wildman–Crippen MR) is 104 cm³/mol. The summed E-state index contributed by atoms with van der Waals surface area (Å²) in [6.45, 7) is 5.30. The van der Waals surface area contributed by atoms with Crippen molar-refractivity contribution in [2.75, 3.05) is 13.1 Å². The molecule has 1 aliphatic heterocycles. The molecule has 1 aromatic heterocycles. The van der Waals surface area contributed by atoms with Gasteiger partial charge < -0.3 is 9.64 Å². The number of pyridine rings is 1. The fourth-order valence-corrected chi connectivity index (χ4v) is 3.18. The molecular weight excluding hydrogens is 340 g/mol. The lowest BCUT2D eigenvalue weighted by Gasteiger charge is -2.32. The number of carbonyl (C=O) groups is 2. The van der Waals surface area contributed by atoms with E-state index in [4.69, 9.17) is 4.74 Å². The second kappa shape index (κ2) is 8.80. The van der Waals surface area contributed by atoms with E-state index in [2.05, 4.69) is 4.98 Å². The number of aromatic nitrogens is 1. The number of carbonyl (C=O) groups excluding carboxylic acids is 2. The Labute approximate surface area is 160 Å². The number of ether oxygens (including phenoxy) is 1. The van der Waals surface area contributed by atoms with Gasteiger partial charge in [0.05, 0.1) is 0 Å². The fourth-order valence-electron chi connectivity index (χ4n) is 3.18. The highest BCUT2D eigenvalue weighted by molar-refractivity contribution is 5.97. The highest BCUT2D eigenvalue weighted by Gasteiger charge is 2.24. The maximum absolute atomic E-state index is 12.4. The van der Waals surface area contributed by atoms with E-state index in [1.807, 2.05) is 55.1 Å². The number of amides is 1. The van der Waals surface area contributed by atoms with Gasteiger partial charge in [-0.2, -0.15) is 0 Å². The summed E-state index contributed by atoms with van der Waals surface area (Å²) in [5.41, 5.74) is 2.89. The first-order valence-electron chi connectivity index (χ1n) is 9.48. The summed E-state index contributed by atoms with van der Waals surface area (Å²) in [5, 5.41) is 0. The minimum atomic E-state index is 0.0204. The Morgan fingerprint density at radius 3 is 2.30 bits per heavy atom. The molecule has 1 aromatic carbocycles. The Balaban J connectivity index is 1.42. The Kier molecular flexibility index (Phi) is 6.22. The van der Waals surface area contributed by atoms with Crippen LogP contribution in [-0.4, -0.2) is 40.8 Å². The monoisotopic (exact) mass is 366 g/mol. The van der Waals surface area contributed by atoms with Gasteiger partial charge in [-0.05, 0) is 19.4 Å². The van der Waals surface area contributed by atoms with Crippen LogP contribution in [0, 0.1) is 13.8 Å². The largest absolute Gasteiger partial charge is 0.474 e. The number of benzene rings is 1. The molecule has 142 valence electrons. The zero-order chi connectivity index (χ0) is 19.2. The van der Waals surface area contributed by atoms with Gasteiger partial charge in [0, 0.05) is 56.6 Å². The lowest BCUT2D eigenvalue weighted by molar-refractivity contribution is -0.132. The van der Waals surface area contributed by atoms with Crippen LogP contribution < -0.4 is 4.74 Å². The van der Waals surface area contributed by atoms with Crippen LogP contribution in [-0.2, 0) is 4.79 Å². The van der Waals surface area contributed by atoms with Gasteiger partial charge in [0.1, 0.15) is 6.10 Å². The fraction of sp³-hybridized carbons (Fsp3) is 0.409. The molecule has 0 aliphatic carbocycles. The van der Waals surface area contributed by atoms with E-state index in [1.54, 1.807) is 6.20 Å². The van der Waals surface area contributed by atoms with Crippen LogP contribution in [0.25, 0.3) is 0 Å². The molecule has 5 nitrogen and oxygen atoms in total. The first kappa shape index (κ1) is 19.1. The molecule has 27 heavy (non-hydrogen) atoms. The Hall–Kier alpha value is -2.69. The van der Waals surface area contributed by atoms with Gasteiger partial charge in [0.15, 0.2) is 5.78 Å². The van der Waals surface area contributed by atoms with Crippen LogP contribution in [0.15, 0.2) is 42.6 Å². The quantitative estimate of drug-likeness (QED) is 0.731. The molecule has 0 spiro atoms. The van der Waals surface area contributed by atoms with Gasteiger partial charge >= 0.3 is 0 Å². The minimum Gasteiger partial charge on any atom is -0.474 e. The highest BCUT2D eigenvalue weighted by atomic mass is 16.5. The zero-order valence-electron chi connectivity index (χ0n) is 16.0. The summed E-state index contributed by atoms with van der Waals surface area (Å²) in [4.78, 5) is 30.7. The van der Waals surface area contributed by atoms with Crippen LogP contribution >= 0.6 is 0 Å². The van der Waals surface area contributed by atoms with Gasteiger partial charge in [-0.15, -0.1) is 0 Å². The van der Waals surface area contributed by atoms with Crippen molar-refractivity contribution in [2.45, 2.75) is 45.6 Å². The van der Waals surface area contributed by atoms with Crippen LogP contribution in [0.5, 0.6) is 5.88 Å². The number of piperidine rings is 1. The maximum atomic E-state index is 12.4. The Bertz CT molecular complexity index is 776. The van der Waals surface area contributed by atoms with E-state index < -0.39 is 0 Å². The number of likely N-dealkylation sites (tertiary alicyclic amines) is 1. The van der Waals surface area contributed by atoms with E-state index in [0.717, 1.165) is 24.0 Å². The maximum Gasteiger partial charge on any atom is 0.223 e. The number of rotatable bonds is 6. The number of hydrogen-bond donors (Lipinski definition) is 0. The number of nitrogens with zero attached hydrogens (tertiary/aromatic N) is 2. The summed E-state index contributed by atoms with van der Waals surface area (Å²) in [6.07, 6.45) is 3.96. The van der Waals surface area contributed by atoms with E-state index in [9.17, 15) is 9.59 Å². The molecule has 0 unspecified atom stereocenters. The molecule has 1 fully saturated rings. The van der Waals surface area contributed by atoms with Crippen LogP contribution in [0.4, 0.5) is 0 Å². The molecule has 0 atom stereocenters. The average Bonchev–Trinajstić information content (AvgIpc) is 2.69. The molecular formula is C22H26N2O3. The van der Waals surface area contributed by atoms with Crippen molar-refractivity contribution in [3.05, 3.63) is 59.3 Å². The summed E-state index contributed by atoms with van der Waals surface area (Å²) in [6, 6.07) is 11.3. The second-order valence-corrected chi connectivity index (χ2v) is 7.16. The third-order valence-electron chi connectivity index (χ3n) is 4.91. The van der Waals surface area contributed by atoms with Crippen molar-refractivity contribution in [3.8, 4) is 5.88 Å². The van der Waals surface area contributed by atoms with Crippen molar-refractivity contribution in [2.24, 2.45) is 0 Å². The van der Waals surface area contributed by atoms with Gasteiger partial charge in [-0.1, -0.05) is 35.9 Å². The first-order valence-corrected chi connectivity index (χ1v) is 9.48. The zero-order valence-corrected chi connectivity index (χ0v) is 16.0. The summed E-state index contributed by atoms with van der Waals surface area (Å²) in [5.74, 6) is 0.698. The molecule has 2 heterocycles. The van der Waals surface area contributed by atoms with Gasteiger partial charge in [-0.25, -0.2) is 4.98 Å². The Morgan fingerprint density at radius 2 is 1.67 bits per heavy atom. The normalized spacial score (nSPS) is 14.8. The lowest BCUT2D eigenvalue weighted by Crippen LogP contribution is -2.41. The first-order chi connectivity index (χ1) is 13.0. The second-order valence-electron chi connectivity index (χ2n) is 7.16. The molecule has 2 aromatic rings. The van der Waals surface area contributed by atoms with Crippen LogP contribution in [0.1, 0.15) is 47.2 Å². The van der Waals surface area contributed by atoms with Crippen molar-refractivity contribution >= 4 is 11.7 Å².